The minimum atomic E-state index is -0.993. The first kappa shape index (κ1) is 11.1. The Morgan fingerprint density at radius 2 is 1.94 bits per heavy atom. The van der Waals surface area contributed by atoms with Gasteiger partial charge in [-0.05, 0) is 12.1 Å². The monoisotopic (exact) mass is 230 g/mol. The molecule has 2 rings (SSSR count). The zero-order valence-corrected chi connectivity index (χ0v) is 8.91. The molecule has 5 heteroatoms. The SMILES string of the molecule is O=C(O)c1ccc(Cn2ccc(=O)cc2)nc1. The second-order valence-corrected chi connectivity index (χ2v) is 3.55. The molecule has 0 aliphatic rings. The van der Waals surface area contributed by atoms with Crippen LogP contribution in [-0.2, 0) is 6.54 Å². The third kappa shape index (κ3) is 2.78. The fourth-order valence-corrected chi connectivity index (χ4v) is 1.38. The lowest BCUT2D eigenvalue weighted by Crippen LogP contribution is -2.06. The van der Waals surface area contributed by atoms with Crippen molar-refractivity contribution in [2.75, 3.05) is 0 Å². The molecule has 2 heterocycles. The summed E-state index contributed by atoms with van der Waals surface area (Å²) < 4.78 is 1.80. The fraction of sp³-hybridized carbons (Fsp3) is 0.0833. The third-order valence-corrected chi connectivity index (χ3v) is 2.28. The minimum absolute atomic E-state index is 0.0459. The molecule has 0 saturated heterocycles. The van der Waals surface area contributed by atoms with Crippen LogP contribution in [0.2, 0.25) is 0 Å². The summed E-state index contributed by atoms with van der Waals surface area (Å²) in [6.07, 6.45) is 4.64. The van der Waals surface area contributed by atoms with Crippen LogP contribution < -0.4 is 5.43 Å². The molecule has 1 N–H and O–H groups in total. The van der Waals surface area contributed by atoms with Crippen LogP contribution in [-0.4, -0.2) is 20.6 Å². The van der Waals surface area contributed by atoms with Crippen LogP contribution in [0.15, 0.2) is 47.7 Å². The summed E-state index contributed by atoms with van der Waals surface area (Å²) in [4.78, 5) is 25.6. The van der Waals surface area contributed by atoms with Gasteiger partial charge in [0.05, 0.1) is 17.8 Å². The molecule has 5 nitrogen and oxygen atoms in total. The molecule has 0 aromatic carbocycles. The Morgan fingerprint density at radius 3 is 2.47 bits per heavy atom. The molecule has 0 fully saturated rings. The predicted molar refractivity (Wildman–Crippen MR) is 61.0 cm³/mol. The van der Waals surface area contributed by atoms with Crippen molar-refractivity contribution in [2.45, 2.75) is 6.54 Å². The van der Waals surface area contributed by atoms with Crippen molar-refractivity contribution in [1.82, 2.24) is 9.55 Å². The molecule has 17 heavy (non-hydrogen) atoms. The summed E-state index contributed by atoms with van der Waals surface area (Å²) in [6.45, 7) is 0.500. The maximum atomic E-state index is 10.9. The van der Waals surface area contributed by atoms with Crippen LogP contribution in [0.25, 0.3) is 0 Å². The summed E-state index contributed by atoms with van der Waals surface area (Å²) in [5.74, 6) is -0.993. The molecule has 0 saturated carbocycles. The maximum absolute atomic E-state index is 10.9. The average Bonchev–Trinajstić information content (AvgIpc) is 2.33. The number of pyridine rings is 2. The molecule has 0 amide bonds. The van der Waals surface area contributed by atoms with Gasteiger partial charge in [0.1, 0.15) is 0 Å². The normalized spacial score (nSPS) is 10.1. The molecule has 86 valence electrons. The highest BCUT2D eigenvalue weighted by molar-refractivity contribution is 5.87. The lowest BCUT2D eigenvalue weighted by Gasteiger charge is -2.04. The third-order valence-electron chi connectivity index (χ3n) is 2.28. The van der Waals surface area contributed by atoms with E-state index in [1.54, 1.807) is 23.0 Å². The molecule has 0 unspecified atom stereocenters. The van der Waals surface area contributed by atoms with Crippen LogP contribution in [0.1, 0.15) is 16.1 Å². The molecular formula is C12H10N2O3. The quantitative estimate of drug-likeness (QED) is 0.853. The molecule has 2 aromatic heterocycles. The van der Waals surface area contributed by atoms with E-state index in [0.29, 0.717) is 6.54 Å². The van der Waals surface area contributed by atoms with E-state index >= 15 is 0 Å². The Labute approximate surface area is 97.0 Å². The Bertz CT molecular complexity index is 567. The van der Waals surface area contributed by atoms with Gasteiger partial charge in [-0.15, -0.1) is 0 Å². The highest BCUT2D eigenvalue weighted by atomic mass is 16.4. The zero-order chi connectivity index (χ0) is 12.3. The number of aromatic carboxylic acids is 1. The predicted octanol–water partition coefficient (Wildman–Crippen LogP) is 0.990. The Morgan fingerprint density at radius 1 is 1.24 bits per heavy atom. The molecule has 0 atom stereocenters. The summed E-state index contributed by atoms with van der Waals surface area (Å²) >= 11 is 0. The van der Waals surface area contributed by atoms with Crippen molar-refractivity contribution in [2.24, 2.45) is 0 Å². The molecule has 0 aliphatic heterocycles. The number of carboxylic acids is 1. The second kappa shape index (κ2) is 4.61. The largest absolute Gasteiger partial charge is 0.478 e. The minimum Gasteiger partial charge on any atom is -0.478 e. The summed E-state index contributed by atoms with van der Waals surface area (Å²) in [5.41, 5.74) is 0.850. The summed E-state index contributed by atoms with van der Waals surface area (Å²) in [7, 11) is 0. The zero-order valence-electron chi connectivity index (χ0n) is 8.91. The number of carboxylic acid groups (broad SMARTS) is 1. The standard InChI is InChI=1S/C12H10N2O3/c15-11-3-5-14(6-4-11)8-10-2-1-9(7-13-10)12(16)17/h1-7H,8H2,(H,16,17). The number of hydrogen-bond donors (Lipinski definition) is 1. The fourth-order valence-electron chi connectivity index (χ4n) is 1.38. The van der Waals surface area contributed by atoms with Crippen LogP contribution >= 0.6 is 0 Å². The van der Waals surface area contributed by atoms with E-state index in [1.165, 1.54) is 24.4 Å². The van der Waals surface area contributed by atoms with E-state index in [9.17, 15) is 9.59 Å². The highest BCUT2D eigenvalue weighted by Gasteiger charge is 2.02. The lowest BCUT2D eigenvalue weighted by atomic mass is 10.2. The van der Waals surface area contributed by atoms with Gasteiger partial charge >= 0.3 is 5.97 Å². The van der Waals surface area contributed by atoms with Crippen molar-refractivity contribution in [3.63, 3.8) is 0 Å². The average molecular weight is 230 g/mol. The molecular weight excluding hydrogens is 220 g/mol. The van der Waals surface area contributed by atoms with E-state index in [-0.39, 0.29) is 11.0 Å². The van der Waals surface area contributed by atoms with Crippen molar-refractivity contribution in [1.29, 1.82) is 0 Å². The van der Waals surface area contributed by atoms with Gasteiger partial charge in [-0.3, -0.25) is 9.78 Å². The van der Waals surface area contributed by atoms with Gasteiger partial charge in [0.2, 0.25) is 0 Å². The topological polar surface area (TPSA) is 72.2 Å². The van der Waals surface area contributed by atoms with E-state index in [4.69, 9.17) is 5.11 Å². The van der Waals surface area contributed by atoms with E-state index in [2.05, 4.69) is 4.98 Å². The first-order chi connectivity index (χ1) is 8.15. The van der Waals surface area contributed by atoms with Crippen molar-refractivity contribution >= 4 is 5.97 Å². The van der Waals surface area contributed by atoms with Crippen molar-refractivity contribution in [3.05, 3.63) is 64.3 Å². The highest BCUT2D eigenvalue weighted by Crippen LogP contribution is 2.02. The van der Waals surface area contributed by atoms with Crippen LogP contribution in [0.5, 0.6) is 0 Å². The molecule has 0 aliphatic carbocycles. The second-order valence-electron chi connectivity index (χ2n) is 3.55. The molecule has 0 spiro atoms. The first-order valence-electron chi connectivity index (χ1n) is 4.99. The van der Waals surface area contributed by atoms with Gasteiger partial charge in [-0.2, -0.15) is 0 Å². The lowest BCUT2D eigenvalue weighted by molar-refractivity contribution is 0.0696. The molecule has 0 bridgehead atoms. The maximum Gasteiger partial charge on any atom is 0.337 e. The first-order valence-corrected chi connectivity index (χ1v) is 4.99. The van der Waals surface area contributed by atoms with Crippen LogP contribution in [0.3, 0.4) is 0 Å². The van der Waals surface area contributed by atoms with E-state index < -0.39 is 5.97 Å². The summed E-state index contributed by atoms with van der Waals surface area (Å²) in [5, 5.41) is 8.72. The van der Waals surface area contributed by atoms with Gasteiger partial charge in [0.15, 0.2) is 5.43 Å². The number of aromatic nitrogens is 2. The molecule has 2 aromatic rings. The molecule has 0 radical (unpaired) electrons. The number of carbonyl (C=O) groups is 1. The Balaban J connectivity index is 2.16. The van der Waals surface area contributed by atoms with Gasteiger partial charge in [0, 0.05) is 30.7 Å². The van der Waals surface area contributed by atoms with Crippen molar-refractivity contribution < 1.29 is 9.90 Å². The smallest absolute Gasteiger partial charge is 0.337 e. The Kier molecular flexibility index (Phi) is 3.00. The van der Waals surface area contributed by atoms with Crippen LogP contribution in [0.4, 0.5) is 0 Å². The van der Waals surface area contributed by atoms with Crippen LogP contribution in [0, 0.1) is 0 Å². The van der Waals surface area contributed by atoms with Crippen molar-refractivity contribution in [3.8, 4) is 0 Å². The Hall–Kier alpha value is -2.43. The number of hydrogen-bond acceptors (Lipinski definition) is 3. The van der Waals surface area contributed by atoms with Gasteiger partial charge < -0.3 is 9.67 Å². The van der Waals surface area contributed by atoms with Gasteiger partial charge in [0.25, 0.3) is 0 Å². The van der Waals surface area contributed by atoms with E-state index in [1.807, 2.05) is 0 Å². The van der Waals surface area contributed by atoms with E-state index in [0.717, 1.165) is 5.69 Å². The number of nitrogens with zero attached hydrogens (tertiary/aromatic N) is 2. The summed E-state index contributed by atoms with van der Waals surface area (Å²) in [6, 6.07) is 6.09. The van der Waals surface area contributed by atoms with Gasteiger partial charge in [-0.25, -0.2) is 4.79 Å². The van der Waals surface area contributed by atoms with Gasteiger partial charge in [-0.1, -0.05) is 0 Å². The number of rotatable bonds is 3.